The van der Waals surface area contributed by atoms with Crippen molar-refractivity contribution in [3.05, 3.63) is 0 Å². The highest BCUT2D eigenvalue weighted by molar-refractivity contribution is 7.89. The third kappa shape index (κ3) is 4.80. The lowest BCUT2D eigenvalue weighted by atomic mass is 9.98. The number of hydrogen-bond donors (Lipinski definition) is 2. The molecule has 0 radical (unpaired) electrons. The Balaban J connectivity index is 2.50. The number of nitrogens with one attached hydrogen (secondary N) is 1. The van der Waals surface area contributed by atoms with E-state index in [0.717, 1.165) is 19.3 Å². The molecule has 96 valence electrons. The second-order valence-electron chi connectivity index (χ2n) is 4.74. The lowest BCUT2D eigenvalue weighted by Gasteiger charge is -2.22. The smallest absolute Gasteiger partial charge is 0.211 e. The summed E-state index contributed by atoms with van der Waals surface area (Å²) in [6, 6.07) is 0.0891. The van der Waals surface area contributed by atoms with Gasteiger partial charge in [0.1, 0.15) is 0 Å². The fourth-order valence-corrected chi connectivity index (χ4v) is 3.65. The number of aliphatic hydroxyl groups excluding tert-OH is 1. The molecular formula is C11H23NO3S. The molecular weight excluding hydrogens is 226 g/mol. The zero-order chi connectivity index (χ0) is 12.0. The van der Waals surface area contributed by atoms with Gasteiger partial charge in [-0.15, -0.1) is 0 Å². The summed E-state index contributed by atoms with van der Waals surface area (Å²) in [6.45, 7) is 2.05. The molecule has 2 atom stereocenters. The second kappa shape index (κ2) is 6.57. The van der Waals surface area contributed by atoms with Crippen LogP contribution in [0.4, 0.5) is 0 Å². The average Bonchev–Trinajstić information content (AvgIpc) is 2.41. The van der Waals surface area contributed by atoms with Crippen LogP contribution in [-0.2, 0) is 10.0 Å². The molecule has 1 fully saturated rings. The monoisotopic (exact) mass is 249 g/mol. The van der Waals surface area contributed by atoms with E-state index in [1.165, 1.54) is 12.8 Å². The topological polar surface area (TPSA) is 66.4 Å². The summed E-state index contributed by atoms with van der Waals surface area (Å²) >= 11 is 0. The van der Waals surface area contributed by atoms with Crippen molar-refractivity contribution in [1.82, 2.24) is 4.72 Å². The van der Waals surface area contributed by atoms with Crippen LogP contribution >= 0.6 is 0 Å². The van der Waals surface area contributed by atoms with Crippen LogP contribution in [0.25, 0.3) is 0 Å². The Labute approximate surface area is 98.5 Å². The normalized spacial score (nSPS) is 27.6. The van der Waals surface area contributed by atoms with Crippen molar-refractivity contribution in [3.63, 3.8) is 0 Å². The van der Waals surface area contributed by atoms with Gasteiger partial charge in [0.25, 0.3) is 0 Å². The molecule has 0 amide bonds. The minimum atomic E-state index is -3.20. The summed E-state index contributed by atoms with van der Waals surface area (Å²) in [5, 5.41) is 8.64. The Morgan fingerprint density at radius 3 is 2.62 bits per heavy atom. The molecule has 1 aliphatic carbocycles. The molecule has 0 bridgehead atoms. The molecule has 0 aromatic carbocycles. The Bertz CT molecular complexity index is 290. The van der Waals surface area contributed by atoms with Crippen molar-refractivity contribution in [2.45, 2.75) is 51.5 Å². The molecule has 4 nitrogen and oxygen atoms in total. The van der Waals surface area contributed by atoms with Crippen molar-refractivity contribution in [1.29, 1.82) is 0 Å². The van der Waals surface area contributed by atoms with Crippen LogP contribution in [-0.4, -0.2) is 31.9 Å². The molecule has 0 spiro atoms. The van der Waals surface area contributed by atoms with Crippen molar-refractivity contribution in [2.75, 3.05) is 12.4 Å². The third-order valence-electron chi connectivity index (χ3n) is 3.26. The van der Waals surface area contributed by atoms with Crippen LogP contribution < -0.4 is 4.72 Å². The van der Waals surface area contributed by atoms with Crippen molar-refractivity contribution >= 4 is 10.0 Å². The number of hydrogen-bond acceptors (Lipinski definition) is 3. The van der Waals surface area contributed by atoms with Crippen LogP contribution in [0.15, 0.2) is 0 Å². The van der Waals surface area contributed by atoms with Gasteiger partial charge >= 0.3 is 0 Å². The molecule has 2 unspecified atom stereocenters. The van der Waals surface area contributed by atoms with Crippen LogP contribution in [0, 0.1) is 5.92 Å². The molecule has 16 heavy (non-hydrogen) atoms. The van der Waals surface area contributed by atoms with Gasteiger partial charge in [0.2, 0.25) is 10.0 Å². The first-order valence-electron chi connectivity index (χ1n) is 6.16. The van der Waals surface area contributed by atoms with E-state index < -0.39 is 10.0 Å². The first kappa shape index (κ1) is 13.9. The van der Waals surface area contributed by atoms with Gasteiger partial charge in [-0.1, -0.05) is 26.2 Å². The van der Waals surface area contributed by atoms with E-state index in [2.05, 4.69) is 11.6 Å². The first-order chi connectivity index (χ1) is 7.55. The molecule has 0 aliphatic heterocycles. The highest BCUT2D eigenvalue weighted by atomic mass is 32.2. The van der Waals surface area contributed by atoms with E-state index in [-0.39, 0.29) is 18.4 Å². The molecule has 2 N–H and O–H groups in total. The van der Waals surface area contributed by atoms with Gasteiger partial charge in [0.15, 0.2) is 0 Å². The fraction of sp³-hybridized carbons (Fsp3) is 1.00. The van der Waals surface area contributed by atoms with Crippen LogP contribution in [0.5, 0.6) is 0 Å². The van der Waals surface area contributed by atoms with Crippen molar-refractivity contribution < 1.29 is 13.5 Å². The highest BCUT2D eigenvalue weighted by Gasteiger charge is 2.24. The first-order valence-corrected chi connectivity index (χ1v) is 7.81. The van der Waals surface area contributed by atoms with E-state index in [1.54, 1.807) is 0 Å². The molecule has 0 heterocycles. The number of aliphatic hydroxyl groups is 1. The maximum Gasteiger partial charge on any atom is 0.211 e. The fourth-order valence-electron chi connectivity index (χ4n) is 2.21. The zero-order valence-electron chi connectivity index (χ0n) is 9.98. The predicted octanol–water partition coefficient (Wildman–Crippen LogP) is 1.26. The van der Waals surface area contributed by atoms with Gasteiger partial charge in [-0.2, -0.15) is 0 Å². The summed E-state index contributed by atoms with van der Waals surface area (Å²) in [5.41, 5.74) is 0. The predicted molar refractivity (Wildman–Crippen MR) is 64.7 cm³/mol. The van der Waals surface area contributed by atoms with Crippen molar-refractivity contribution in [3.8, 4) is 0 Å². The number of sulfonamides is 1. The van der Waals surface area contributed by atoms with Gasteiger partial charge in [0, 0.05) is 12.6 Å². The zero-order valence-corrected chi connectivity index (χ0v) is 10.8. The Kier molecular flexibility index (Phi) is 5.72. The highest BCUT2D eigenvalue weighted by Crippen LogP contribution is 2.23. The quantitative estimate of drug-likeness (QED) is 0.721. The summed E-state index contributed by atoms with van der Waals surface area (Å²) < 4.78 is 26.2. The van der Waals surface area contributed by atoms with Crippen LogP contribution in [0.1, 0.15) is 45.4 Å². The Morgan fingerprint density at radius 2 is 1.94 bits per heavy atom. The van der Waals surface area contributed by atoms with Crippen LogP contribution in [0.2, 0.25) is 0 Å². The van der Waals surface area contributed by atoms with E-state index in [9.17, 15) is 8.42 Å². The van der Waals surface area contributed by atoms with E-state index >= 15 is 0 Å². The number of rotatable bonds is 5. The molecule has 1 aliphatic rings. The maximum absolute atomic E-state index is 11.7. The summed E-state index contributed by atoms with van der Waals surface area (Å²) in [6.07, 6.45) is 5.88. The second-order valence-corrected chi connectivity index (χ2v) is 6.61. The van der Waals surface area contributed by atoms with Crippen LogP contribution in [0.3, 0.4) is 0 Å². The van der Waals surface area contributed by atoms with Crippen molar-refractivity contribution in [2.24, 2.45) is 5.92 Å². The summed E-state index contributed by atoms with van der Waals surface area (Å²) in [5.74, 6) is 0.457. The minimum Gasteiger partial charge on any atom is -0.396 e. The Hall–Kier alpha value is -0.130. The molecule has 0 aromatic heterocycles. The molecule has 1 rings (SSSR count). The van der Waals surface area contributed by atoms with E-state index in [1.807, 2.05) is 0 Å². The lowest BCUT2D eigenvalue weighted by Crippen LogP contribution is -2.40. The molecule has 1 saturated carbocycles. The summed E-state index contributed by atoms with van der Waals surface area (Å²) in [7, 11) is -3.20. The standard InChI is InChI=1S/C11H23NO3S/c1-10-6-3-2-4-7-11(10)12-16(14,15)9-5-8-13/h10-13H,2-9H2,1H3. The molecule has 0 aromatic rings. The largest absolute Gasteiger partial charge is 0.396 e. The van der Waals surface area contributed by atoms with Gasteiger partial charge in [0.05, 0.1) is 5.75 Å². The van der Waals surface area contributed by atoms with E-state index in [0.29, 0.717) is 12.3 Å². The average molecular weight is 249 g/mol. The Morgan fingerprint density at radius 1 is 1.25 bits per heavy atom. The SMILES string of the molecule is CC1CCCCCC1NS(=O)(=O)CCCO. The van der Waals surface area contributed by atoms with Gasteiger partial charge in [-0.3, -0.25) is 0 Å². The summed E-state index contributed by atoms with van der Waals surface area (Å²) in [4.78, 5) is 0. The van der Waals surface area contributed by atoms with Gasteiger partial charge in [-0.05, 0) is 25.2 Å². The molecule has 5 heteroatoms. The van der Waals surface area contributed by atoms with Gasteiger partial charge < -0.3 is 5.11 Å². The molecule has 0 saturated heterocycles. The van der Waals surface area contributed by atoms with E-state index in [4.69, 9.17) is 5.11 Å². The van der Waals surface area contributed by atoms with Gasteiger partial charge in [-0.25, -0.2) is 13.1 Å². The third-order valence-corrected chi connectivity index (χ3v) is 4.75. The maximum atomic E-state index is 11.7. The lowest BCUT2D eigenvalue weighted by molar-refractivity contribution is 0.295. The minimum absolute atomic E-state index is 0.0344.